The monoisotopic (exact) mass is 345 g/mol. The molecule has 0 atom stereocenters. The van der Waals surface area contributed by atoms with Crippen molar-refractivity contribution in [1.82, 2.24) is 10.3 Å². The van der Waals surface area contributed by atoms with Gasteiger partial charge in [-0.2, -0.15) is 0 Å². The highest BCUT2D eigenvalue weighted by atomic mass is 16.5. The van der Waals surface area contributed by atoms with Gasteiger partial charge < -0.3 is 24.8 Å². The Morgan fingerprint density at radius 3 is 2.08 bits per heavy atom. The number of hydrogen-bond donors (Lipinski definition) is 2. The number of benzene rings is 1. The van der Waals surface area contributed by atoms with E-state index >= 15 is 0 Å². The van der Waals surface area contributed by atoms with Crippen LogP contribution in [0.2, 0.25) is 0 Å². The van der Waals surface area contributed by atoms with Crippen LogP contribution in [0.4, 0.5) is 11.4 Å². The second kappa shape index (κ2) is 8.23. The van der Waals surface area contributed by atoms with Gasteiger partial charge in [0.1, 0.15) is 5.69 Å². The molecule has 2 aromatic rings. The minimum Gasteiger partial charge on any atom is -0.493 e. The van der Waals surface area contributed by atoms with Gasteiger partial charge in [-0.15, -0.1) is 0 Å². The van der Waals surface area contributed by atoms with Crippen molar-refractivity contribution in [3.63, 3.8) is 0 Å². The number of ether oxygens (including phenoxy) is 3. The molecule has 0 fully saturated rings. The van der Waals surface area contributed by atoms with Gasteiger partial charge in [0.15, 0.2) is 11.5 Å². The molecule has 25 heavy (non-hydrogen) atoms. The van der Waals surface area contributed by atoms with Gasteiger partial charge in [0.05, 0.1) is 33.2 Å². The smallest absolute Gasteiger partial charge is 0.270 e. The van der Waals surface area contributed by atoms with Crippen LogP contribution >= 0.6 is 0 Å². The number of nitrogens with one attached hydrogen (secondary N) is 2. The van der Waals surface area contributed by atoms with Crippen LogP contribution < -0.4 is 24.8 Å². The van der Waals surface area contributed by atoms with E-state index < -0.39 is 0 Å². The lowest BCUT2D eigenvalue weighted by molar-refractivity contribution is 0.0938. The summed E-state index contributed by atoms with van der Waals surface area (Å²) < 4.78 is 16.0. The largest absolute Gasteiger partial charge is 0.493 e. The summed E-state index contributed by atoms with van der Waals surface area (Å²) in [5.41, 5.74) is 1.84. The van der Waals surface area contributed by atoms with Crippen molar-refractivity contribution in [3.8, 4) is 17.2 Å². The molecule has 1 aromatic heterocycles. The van der Waals surface area contributed by atoms with E-state index in [9.17, 15) is 4.79 Å². The molecule has 0 saturated heterocycles. The maximum atomic E-state index is 11.9. The molecule has 7 heteroatoms. The zero-order valence-corrected chi connectivity index (χ0v) is 15.0. The van der Waals surface area contributed by atoms with Gasteiger partial charge in [0.2, 0.25) is 5.75 Å². The summed E-state index contributed by atoms with van der Waals surface area (Å²) in [5, 5.41) is 6.00. The van der Waals surface area contributed by atoms with Crippen LogP contribution in [0.25, 0.3) is 0 Å². The number of carbonyl (C=O) groups excluding carboxylic acids is 1. The quantitative estimate of drug-likeness (QED) is 0.803. The summed E-state index contributed by atoms with van der Waals surface area (Å²) in [7, 11) is 4.67. The highest BCUT2D eigenvalue weighted by molar-refractivity contribution is 5.92. The average molecular weight is 345 g/mol. The number of nitrogens with zero attached hydrogens (tertiary/aromatic N) is 1. The SMILES string of the molecule is COc1cc(Nc2ccc(C(=O)NC(C)C)nc2)cc(OC)c1OC. The Morgan fingerprint density at radius 2 is 1.64 bits per heavy atom. The predicted octanol–water partition coefficient (Wildman–Crippen LogP) is 2.99. The van der Waals surface area contributed by atoms with Crippen LogP contribution in [0.5, 0.6) is 17.2 Å². The minimum absolute atomic E-state index is 0.0614. The van der Waals surface area contributed by atoms with Gasteiger partial charge in [-0.05, 0) is 26.0 Å². The van der Waals surface area contributed by atoms with E-state index in [0.29, 0.717) is 22.9 Å². The van der Waals surface area contributed by atoms with Crippen molar-refractivity contribution < 1.29 is 19.0 Å². The standard InChI is InChI=1S/C18H23N3O4/c1-11(2)20-18(22)14-7-6-12(10-19-14)21-13-8-15(23-3)17(25-5)16(9-13)24-4/h6-11,21H,1-5H3,(H,20,22). The number of methoxy groups -OCH3 is 3. The molecule has 0 radical (unpaired) electrons. The third kappa shape index (κ3) is 4.53. The molecular formula is C18H23N3O4. The number of anilines is 2. The van der Waals surface area contributed by atoms with Gasteiger partial charge in [-0.25, -0.2) is 4.98 Å². The van der Waals surface area contributed by atoms with Gasteiger partial charge in [-0.3, -0.25) is 4.79 Å². The third-order valence-corrected chi connectivity index (χ3v) is 3.37. The summed E-state index contributed by atoms with van der Waals surface area (Å²) >= 11 is 0. The highest BCUT2D eigenvalue weighted by Gasteiger charge is 2.14. The number of rotatable bonds is 7. The Balaban J connectivity index is 2.21. The molecule has 134 valence electrons. The van der Waals surface area contributed by atoms with Crippen LogP contribution in [-0.2, 0) is 0 Å². The van der Waals surface area contributed by atoms with Crippen LogP contribution in [0.15, 0.2) is 30.5 Å². The van der Waals surface area contributed by atoms with Gasteiger partial charge in [0.25, 0.3) is 5.91 Å². The predicted molar refractivity (Wildman–Crippen MR) is 96.2 cm³/mol. The zero-order valence-electron chi connectivity index (χ0n) is 15.0. The number of pyridine rings is 1. The summed E-state index contributed by atoms with van der Waals surface area (Å²) in [5.74, 6) is 1.42. The lowest BCUT2D eigenvalue weighted by Gasteiger charge is -2.15. The first-order valence-electron chi connectivity index (χ1n) is 7.82. The van der Waals surface area contributed by atoms with Crippen molar-refractivity contribution in [3.05, 3.63) is 36.2 Å². The summed E-state index contributed by atoms with van der Waals surface area (Å²) in [6.07, 6.45) is 1.60. The van der Waals surface area contributed by atoms with E-state index in [1.807, 2.05) is 13.8 Å². The molecule has 0 aliphatic rings. The van der Waals surface area contributed by atoms with Crippen molar-refractivity contribution in [2.45, 2.75) is 19.9 Å². The average Bonchev–Trinajstić information content (AvgIpc) is 2.60. The number of aromatic nitrogens is 1. The molecule has 0 spiro atoms. The fraction of sp³-hybridized carbons (Fsp3) is 0.333. The van der Waals surface area contributed by atoms with Crippen molar-refractivity contribution in [2.24, 2.45) is 0 Å². The van der Waals surface area contributed by atoms with Gasteiger partial charge >= 0.3 is 0 Å². The molecule has 0 bridgehead atoms. The Hall–Kier alpha value is -2.96. The van der Waals surface area contributed by atoms with Crippen molar-refractivity contribution in [2.75, 3.05) is 26.6 Å². The van der Waals surface area contributed by atoms with E-state index in [2.05, 4.69) is 15.6 Å². The van der Waals surface area contributed by atoms with E-state index in [0.717, 1.165) is 11.4 Å². The van der Waals surface area contributed by atoms with E-state index in [4.69, 9.17) is 14.2 Å². The molecule has 7 nitrogen and oxygen atoms in total. The lowest BCUT2D eigenvalue weighted by atomic mass is 10.2. The first-order chi connectivity index (χ1) is 12.0. The Morgan fingerprint density at radius 1 is 1.00 bits per heavy atom. The third-order valence-electron chi connectivity index (χ3n) is 3.37. The molecule has 0 saturated carbocycles. The molecule has 1 heterocycles. The summed E-state index contributed by atoms with van der Waals surface area (Å²) in [4.78, 5) is 16.1. The van der Waals surface area contributed by atoms with E-state index in [-0.39, 0.29) is 11.9 Å². The molecule has 1 aromatic carbocycles. The number of hydrogen-bond acceptors (Lipinski definition) is 6. The maximum Gasteiger partial charge on any atom is 0.270 e. The zero-order chi connectivity index (χ0) is 18.4. The van der Waals surface area contributed by atoms with Gasteiger partial charge in [0, 0.05) is 23.9 Å². The summed E-state index contributed by atoms with van der Waals surface area (Å²) in [6, 6.07) is 7.09. The summed E-state index contributed by atoms with van der Waals surface area (Å²) in [6.45, 7) is 3.80. The molecular weight excluding hydrogens is 322 g/mol. The topological polar surface area (TPSA) is 81.7 Å². The number of amides is 1. The molecule has 2 N–H and O–H groups in total. The Bertz CT molecular complexity index is 705. The molecule has 0 aliphatic carbocycles. The molecule has 0 aliphatic heterocycles. The fourth-order valence-electron chi connectivity index (χ4n) is 2.26. The second-order valence-electron chi connectivity index (χ2n) is 5.60. The number of carbonyl (C=O) groups is 1. The van der Waals surface area contributed by atoms with Crippen molar-refractivity contribution in [1.29, 1.82) is 0 Å². The van der Waals surface area contributed by atoms with E-state index in [1.54, 1.807) is 51.8 Å². The van der Waals surface area contributed by atoms with Crippen LogP contribution in [0, 0.1) is 0 Å². The molecule has 0 unspecified atom stereocenters. The van der Waals surface area contributed by atoms with Crippen LogP contribution in [0.3, 0.4) is 0 Å². The first-order valence-corrected chi connectivity index (χ1v) is 7.82. The molecule has 2 rings (SSSR count). The Labute approximate surface area is 147 Å². The normalized spacial score (nSPS) is 10.3. The van der Waals surface area contributed by atoms with Crippen LogP contribution in [-0.4, -0.2) is 38.3 Å². The van der Waals surface area contributed by atoms with Gasteiger partial charge in [-0.1, -0.05) is 0 Å². The fourth-order valence-corrected chi connectivity index (χ4v) is 2.26. The second-order valence-corrected chi connectivity index (χ2v) is 5.60. The molecule has 1 amide bonds. The van der Waals surface area contributed by atoms with Crippen LogP contribution in [0.1, 0.15) is 24.3 Å². The first kappa shape index (κ1) is 18.4. The Kier molecular flexibility index (Phi) is 6.05. The minimum atomic E-state index is -0.200. The highest BCUT2D eigenvalue weighted by Crippen LogP contribution is 2.40. The maximum absolute atomic E-state index is 11.9. The lowest BCUT2D eigenvalue weighted by Crippen LogP contribution is -2.30. The van der Waals surface area contributed by atoms with E-state index in [1.165, 1.54) is 0 Å². The van der Waals surface area contributed by atoms with Crippen molar-refractivity contribution >= 4 is 17.3 Å².